The van der Waals surface area contributed by atoms with E-state index in [1.807, 2.05) is 37.3 Å². The molecule has 1 N–H and O–H groups in total. The number of aryl methyl sites for hydroxylation is 1. The molecular weight excluding hydrogens is 314 g/mol. The summed E-state index contributed by atoms with van der Waals surface area (Å²) in [7, 11) is 0. The number of hydrogen-bond acceptors (Lipinski definition) is 4. The Kier molecular flexibility index (Phi) is 3.54. The molecule has 5 nitrogen and oxygen atoms in total. The number of phenols is 1. The van der Waals surface area contributed by atoms with Crippen molar-refractivity contribution in [2.75, 3.05) is 0 Å². The van der Waals surface area contributed by atoms with Gasteiger partial charge in [0, 0.05) is 24.0 Å². The lowest BCUT2D eigenvalue weighted by atomic mass is 10.1. The van der Waals surface area contributed by atoms with Gasteiger partial charge in [-0.3, -0.25) is 4.79 Å². The molecule has 0 spiro atoms. The number of nitrogens with zero attached hydrogens (tertiary/aromatic N) is 3. The van der Waals surface area contributed by atoms with Crippen LogP contribution in [0.3, 0.4) is 0 Å². The van der Waals surface area contributed by atoms with Gasteiger partial charge in [0.1, 0.15) is 5.75 Å². The summed E-state index contributed by atoms with van der Waals surface area (Å²) in [6.45, 7) is 2.03. The fourth-order valence-electron chi connectivity index (χ4n) is 2.81. The molecule has 2 aromatic carbocycles. The van der Waals surface area contributed by atoms with Crippen LogP contribution in [-0.2, 0) is 0 Å². The zero-order valence-electron chi connectivity index (χ0n) is 13.5. The van der Waals surface area contributed by atoms with Gasteiger partial charge in [-0.05, 0) is 24.6 Å². The highest BCUT2D eigenvalue weighted by molar-refractivity contribution is 6.10. The summed E-state index contributed by atoms with van der Waals surface area (Å²) in [5.41, 5.74) is 4.23. The maximum Gasteiger partial charge on any atom is 0.199 e. The van der Waals surface area contributed by atoms with Gasteiger partial charge in [-0.15, -0.1) is 0 Å². The van der Waals surface area contributed by atoms with Gasteiger partial charge >= 0.3 is 0 Å². The van der Waals surface area contributed by atoms with E-state index in [4.69, 9.17) is 0 Å². The van der Waals surface area contributed by atoms with E-state index in [9.17, 15) is 9.90 Å². The lowest BCUT2D eigenvalue weighted by molar-refractivity contribution is 0.103. The molecule has 0 atom stereocenters. The second-order valence-electron chi connectivity index (χ2n) is 5.84. The lowest BCUT2D eigenvalue weighted by Gasteiger charge is -2.03. The number of phenolic OH excluding ortho intramolecular Hbond substituents is 1. The molecule has 4 aromatic rings. The van der Waals surface area contributed by atoms with Crippen molar-refractivity contribution in [2.45, 2.75) is 6.92 Å². The number of benzene rings is 2. The molecule has 0 fully saturated rings. The number of para-hydroxylation sites is 1. The van der Waals surface area contributed by atoms with Gasteiger partial charge in [-0.25, -0.2) is 9.50 Å². The normalized spacial score (nSPS) is 10.9. The standard InChI is InChI=1S/C20H15N3O2/c1-13-6-2-3-7-15(13)17-10-19-21-11-14(12-23(19)22-17)20(25)16-8-4-5-9-18(16)24/h2-12,24H,1H3. The molecule has 0 radical (unpaired) electrons. The quantitative estimate of drug-likeness (QED) is 0.583. The van der Waals surface area contributed by atoms with E-state index in [0.717, 1.165) is 16.8 Å². The number of aromatic nitrogens is 3. The molecule has 5 heteroatoms. The summed E-state index contributed by atoms with van der Waals surface area (Å²) in [6, 6.07) is 16.3. The molecule has 122 valence electrons. The Bertz CT molecular complexity index is 1100. The van der Waals surface area contributed by atoms with Gasteiger partial charge in [0.05, 0.1) is 16.8 Å². The van der Waals surface area contributed by atoms with Crippen molar-refractivity contribution in [1.29, 1.82) is 0 Å². The van der Waals surface area contributed by atoms with Crippen LogP contribution in [0.25, 0.3) is 16.9 Å². The number of aromatic hydroxyl groups is 1. The first-order chi connectivity index (χ1) is 12.1. The molecule has 0 saturated heterocycles. The minimum absolute atomic E-state index is 0.0475. The average Bonchev–Trinajstić information content (AvgIpc) is 3.05. The Morgan fingerprint density at radius 3 is 2.64 bits per heavy atom. The minimum Gasteiger partial charge on any atom is -0.507 e. The molecule has 4 rings (SSSR count). The van der Waals surface area contributed by atoms with Crippen molar-refractivity contribution < 1.29 is 9.90 Å². The predicted octanol–water partition coefficient (Wildman–Crippen LogP) is 3.64. The molecule has 25 heavy (non-hydrogen) atoms. The van der Waals surface area contributed by atoms with E-state index >= 15 is 0 Å². The van der Waals surface area contributed by atoms with Crippen LogP contribution in [0.2, 0.25) is 0 Å². The Balaban J connectivity index is 1.78. The second-order valence-corrected chi connectivity index (χ2v) is 5.84. The number of carbonyl (C=O) groups is 1. The zero-order chi connectivity index (χ0) is 17.4. The first kappa shape index (κ1) is 15.1. The molecule has 0 saturated carbocycles. The van der Waals surface area contributed by atoms with E-state index in [1.54, 1.807) is 28.9 Å². The zero-order valence-corrected chi connectivity index (χ0v) is 13.5. The largest absolute Gasteiger partial charge is 0.507 e. The van der Waals surface area contributed by atoms with E-state index in [2.05, 4.69) is 10.1 Å². The third-order valence-corrected chi connectivity index (χ3v) is 4.15. The summed E-state index contributed by atoms with van der Waals surface area (Å²) in [5.74, 6) is -0.339. The van der Waals surface area contributed by atoms with E-state index in [-0.39, 0.29) is 17.1 Å². The van der Waals surface area contributed by atoms with Crippen molar-refractivity contribution >= 4 is 11.4 Å². The van der Waals surface area contributed by atoms with Crippen LogP contribution in [0.4, 0.5) is 0 Å². The second kappa shape index (κ2) is 5.87. The SMILES string of the molecule is Cc1ccccc1-c1cc2ncc(C(=O)c3ccccc3O)cn2n1. The van der Waals surface area contributed by atoms with Crippen LogP contribution in [0.15, 0.2) is 67.0 Å². The fraction of sp³-hybridized carbons (Fsp3) is 0.0500. The number of carbonyl (C=O) groups excluding carboxylic acids is 1. The van der Waals surface area contributed by atoms with Crippen LogP contribution in [0.1, 0.15) is 21.5 Å². The van der Waals surface area contributed by atoms with Gasteiger partial charge in [-0.1, -0.05) is 36.4 Å². The Hall–Kier alpha value is -3.47. The van der Waals surface area contributed by atoms with Gasteiger partial charge in [-0.2, -0.15) is 5.10 Å². The van der Waals surface area contributed by atoms with Crippen molar-refractivity contribution in [1.82, 2.24) is 14.6 Å². The van der Waals surface area contributed by atoms with Crippen molar-refractivity contribution in [3.63, 3.8) is 0 Å². The fourth-order valence-corrected chi connectivity index (χ4v) is 2.81. The highest BCUT2D eigenvalue weighted by atomic mass is 16.3. The van der Waals surface area contributed by atoms with Crippen molar-refractivity contribution in [2.24, 2.45) is 0 Å². The van der Waals surface area contributed by atoms with E-state index in [1.165, 1.54) is 12.3 Å². The monoisotopic (exact) mass is 329 g/mol. The van der Waals surface area contributed by atoms with Gasteiger partial charge in [0.2, 0.25) is 0 Å². The Morgan fingerprint density at radius 2 is 1.84 bits per heavy atom. The number of hydrogen-bond donors (Lipinski definition) is 1. The van der Waals surface area contributed by atoms with E-state index < -0.39 is 0 Å². The summed E-state index contributed by atoms with van der Waals surface area (Å²) in [4.78, 5) is 16.9. The predicted molar refractivity (Wildman–Crippen MR) is 94.7 cm³/mol. The van der Waals surface area contributed by atoms with Gasteiger partial charge in [0.25, 0.3) is 0 Å². The molecular formula is C20H15N3O2. The highest BCUT2D eigenvalue weighted by Gasteiger charge is 2.15. The van der Waals surface area contributed by atoms with Crippen LogP contribution < -0.4 is 0 Å². The summed E-state index contributed by atoms with van der Waals surface area (Å²) in [6.07, 6.45) is 3.15. The molecule has 0 aliphatic rings. The third kappa shape index (κ3) is 2.65. The Labute approximate surface area is 144 Å². The van der Waals surface area contributed by atoms with Crippen LogP contribution in [-0.4, -0.2) is 25.5 Å². The van der Waals surface area contributed by atoms with Crippen LogP contribution in [0.5, 0.6) is 5.75 Å². The third-order valence-electron chi connectivity index (χ3n) is 4.15. The molecule has 2 heterocycles. The molecule has 0 unspecified atom stereocenters. The first-order valence-electron chi connectivity index (χ1n) is 7.87. The van der Waals surface area contributed by atoms with Gasteiger partial charge in [0.15, 0.2) is 11.4 Å². The van der Waals surface area contributed by atoms with Crippen LogP contribution >= 0.6 is 0 Å². The first-order valence-corrected chi connectivity index (χ1v) is 7.87. The summed E-state index contributed by atoms with van der Waals surface area (Å²) >= 11 is 0. The molecule has 0 bridgehead atoms. The maximum absolute atomic E-state index is 12.6. The smallest absolute Gasteiger partial charge is 0.199 e. The topological polar surface area (TPSA) is 67.5 Å². The summed E-state index contributed by atoms with van der Waals surface area (Å²) in [5, 5.41) is 14.4. The average molecular weight is 329 g/mol. The van der Waals surface area contributed by atoms with Crippen LogP contribution in [0, 0.1) is 6.92 Å². The molecule has 0 amide bonds. The molecule has 0 aliphatic carbocycles. The number of fused-ring (bicyclic) bond motifs is 1. The summed E-state index contributed by atoms with van der Waals surface area (Å²) < 4.78 is 1.59. The van der Waals surface area contributed by atoms with Gasteiger partial charge < -0.3 is 5.11 Å². The maximum atomic E-state index is 12.6. The number of ketones is 1. The minimum atomic E-state index is -0.291. The molecule has 2 aromatic heterocycles. The highest BCUT2D eigenvalue weighted by Crippen LogP contribution is 2.24. The number of rotatable bonds is 3. The van der Waals surface area contributed by atoms with Crippen molar-refractivity contribution in [3.05, 3.63) is 83.7 Å². The Morgan fingerprint density at radius 1 is 1.08 bits per heavy atom. The van der Waals surface area contributed by atoms with Crippen molar-refractivity contribution in [3.8, 4) is 17.0 Å². The molecule has 0 aliphatic heterocycles. The van der Waals surface area contributed by atoms with E-state index in [0.29, 0.717) is 11.2 Å². The lowest BCUT2D eigenvalue weighted by Crippen LogP contribution is -2.04.